The molecule has 0 radical (unpaired) electrons. The first-order valence-corrected chi connectivity index (χ1v) is 11.1. The molecule has 5 N–H and O–H groups in total. The maximum atomic E-state index is 13.0. The number of primary sulfonamides is 1. The molecule has 0 saturated heterocycles. The minimum Gasteiger partial charge on any atom is -0.506 e. The molecule has 12 heteroatoms. The van der Waals surface area contributed by atoms with E-state index in [1.54, 1.807) is 30.3 Å². The summed E-state index contributed by atoms with van der Waals surface area (Å²) in [5, 5.41) is 25.7. The van der Waals surface area contributed by atoms with Crippen molar-refractivity contribution < 1.29 is 32.6 Å². The van der Waals surface area contributed by atoms with Crippen LogP contribution in [0.1, 0.15) is 11.5 Å². The Bertz CT molecular complexity index is 1380. The van der Waals surface area contributed by atoms with E-state index in [1.807, 2.05) is 6.07 Å². The predicted molar refractivity (Wildman–Crippen MR) is 119 cm³/mol. The molecule has 2 aromatic carbocycles. The number of phenols is 1. The normalized spacial score (nSPS) is 16.2. The third kappa shape index (κ3) is 4.17. The van der Waals surface area contributed by atoms with E-state index in [2.05, 4.69) is 0 Å². The number of allylic oxidation sites excluding steroid dienone is 1. The highest BCUT2D eigenvalue weighted by Crippen LogP contribution is 2.45. The number of nitrogens with two attached hydrogens (primary N) is 2. The Labute approximate surface area is 195 Å². The smallest absolute Gasteiger partial charge is 0.355 e. The molecule has 0 fully saturated rings. The molecule has 1 atom stereocenters. The molecule has 0 bridgehead atoms. The number of nitriles is 1. The minimum atomic E-state index is -4.23. The standard InChI is InChI=1S/C22H20N4O7S/c1-32-21(28)18-17(12-6-4-3-5-7-12)14(11-23)20(24)26(19(18)22(29)33-2)15-10-13(34(25,30)31)8-9-16(15)27/h3-10,17,27H,24H2,1-2H3,(H2,25,30,31). The van der Waals surface area contributed by atoms with Gasteiger partial charge in [0.15, 0.2) is 0 Å². The van der Waals surface area contributed by atoms with Crippen LogP contribution in [0.25, 0.3) is 0 Å². The fourth-order valence-electron chi connectivity index (χ4n) is 3.62. The summed E-state index contributed by atoms with van der Waals surface area (Å²) in [6.45, 7) is 0. The molecule has 0 spiro atoms. The summed E-state index contributed by atoms with van der Waals surface area (Å²) in [5.74, 6) is -4.00. The van der Waals surface area contributed by atoms with Gasteiger partial charge in [-0.15, -0.1) is 0 Å². The van der Waals surface area contributed by atoms with Gasteiger partial charge in [0.05, 0.1) is 47.9 Å². The summed E-state index contributed by atoms with van der Waals surface area (Å²) in [7, 11) is -2.09. The van der Waals surface area contributed by atoms with Gasteiger partial charge < -0.3 is 20.3 Å². The lowest BCUT2D eigenvalue weighted by molar-refractivity contribution is -0.139. The maximum Gasteiger partial charge on any atom is 0.355 e. The maximum absolute atomic E-state index is 13.0. The monoisotopic (exact) mass is 484 g/mol. The molecular formula is C22H20N4O7S. The van der Waals surface area contributed by atoms with E-state index >= 15 is 0 Å². The van der Waals surface area contributed by atoms with Gasteiger partial charge in [0.2, 0.25) is 10.0 Å². The highest BCUT2D eigenvalue weighted by atomic mass is 32.2. The van der Waals surface area contributed by atoms with Gasteiger partial charge in [-0.2, -0.15) is 5.26 Å². The van der Waals surface area contributed by atoms with Crippen molar-refractivity contribution in [1.82, 2.24) is 0 Å². The summed E-state index contributed by atoms with van der Waals surface area (Å²) < 4.78 is 33.6. The summed E-state index contributed by atoms with van der Waals surface area (Å²) in [5.41, 5.74) is 5.50. The molecule has 1 unspecified atom stereocenters. The Balaban J connectivity index is 2.48. The number of nitrogens with zero attached hydrogens (tertiary/aromatic N) is 2. The van der Waals surface area contributed by atoms with Crippen molar-refractivity contribution >= 4 is 27.6 Å². The van der Waals surface area contributed by atoms with E-state index in [1.165, 1.54) is 0 Å². The first-order chi connectivity index (χ1) is 16.1. The number of phenolic OH excluding ortho intramolecular Hbond substituents is 1. The number of benzene rings is 2. The van der Waals surface area contributed by atoms with Crippen LogP contribution in [0.4, 0.5) is 5.69 Å². The lowest BCUT2D eigenvalue weighted by Gasteiger charge is -2.36. The van der Waals surface area contributed by atoms with Crippen molar-refractivity contribution in [3.05, 3.63) is 76.8 Å². The van der Waals surface area contributed by atoms with Crippen LogP contribution in [0.5, 0.6) is 5.75 Å². The lowest BCUT2D eigenvalue weighted by atomic mass is 9.81. The van der Waals surface area contributed by atoms with Gasteiger partial charge >= 0.3 is 11.9 Å². The zero-order valence-electron chi connectivity index (χ0n) is 18.1. The zero-order chi connectivity index (χ0) is 25.2. The van der Waals surface area contributed by atoms with Gasteiger partial charge in [0.25, 0.3) is 0 Å². The van der Waals surface area contributed by atoms with Crippen molar-refractivity contribution in [3.8, 4) is 11.8 Å². The molecule has 11 nitrogen and oxygen atoms in total. The van der Waals surface area contributed by atoms with Gasteiger partial charge in [0.1, 0.15) is 17.3 Å². The molecule has 3 rings (SSSR count). The van der Waals surface area contributed by atoms with E-state index in [9.17, 15) is 28.4 Å². The van der Waals surface area contributed by atoms with Crippen molar-refractivity contribution in [2.45, 2.75) is 10.8 Å². The quantitative estimate of drug-likeness (QED) is 0.515. The SMILES string of the molecule is COC(=O)C1=C(C(=O)OC)N(c2cc(S(N)(=O)=O)ccc2O)C(N)=C(C#N)C1c1ccccc1. The number of ether oxygens (including phenoxy) is 2. The number of carbonyl (C=O) groups excluding carboxylic acids is 2. The topological polar surface area (TPSA) is 186 Å². The number of aromatic hydroxyl groups is 1. The average Bonchev–Trinajstić information content (AvgIpc) is 2.82. The number of methoxy groups -OCH3 is 2. The summed E-state index contributed by atoms with van der Waals surface area (Å²) in [6, 6.07) is 13.3. The first-order valence-electron chi connectivity index (χ1n) is 9.58. The Morgan fingerprint density at radius 2 is 1.71 bits per heavy atom. The van der Waals surface area contributed by atoms with E-state index in [-0.39, 0.29) is 22.7 Å². The Kier molecular flexibility index (Phi) is 6.62. The lowest BCUT2D eigenvalue weighted by Crippen LogP contribution is -2.40. The van der Waals surface area contributed by atoms with E-state index in [0.717, 1.165) is 37.3 Å². The van der Waals surface area contributed by atoms with Crippen LogP contribution < -0.4 is 15.8 Å². The second-order valence-electron chi connectivity index (χ2n) is 7.03. The second-order valence-corrected chi connectivity index (χ2v) is 8.59. The Morgan fingerprint density at radius 1 is 1.09 bits per heavy atom. The molecule has 1 heterocycles. The number of carbonyl (C=O) groups is 2. The van der Waals surface area contributed by atoms with Crippen LogP contribution in [0.3, 0.4) is 0 Å². The van der Waals surface area contributed by atoms with E-state index in [4.69, 9.17) is 20.3 Å². The van der Waals surface area contributed by atoms with Crippen LogP contribution in [-0.4, -0.2) is 39.7 Å². The molecule has 0 aromatic heterocycles. The minimum absolute atomic E-state index is 0.153. The van der Waals surface area contributed by atoms with Crippen LogP contribution in [0.2, 0.25) is 0 Å². The summed E-state index contributed by atoms with van der Waals surface area (Å²) in [4.78, 5) is 26.4. The van der Waals surface area contributed by atoms with Crippen molar-refractivity contribution in [3.63, 3.8) is 0 Å². The summed E-state index contributed by atoms with van der Waals surface area (Å²) in [6.07, 6.45) is 0. The zero-order valence-corrected chi connectivity index (χ0v) is 18.9. The van der Waals surface area contributed by atoms with E-state index < -0.39 is 44.2 Å². The number of sulfonamides is 1. The molecule has 0 saturated carbocycles. The molecule has 0 aliphatic carbocycles. The molecule has 0 amide bonds. The van der Waals surface area contributed by atoms with Gasteiger partial charge in [-0.1, -0.05) is 30.3 Å². The first kappa shape index (κ1) is 24.3. The number of hydrogen-bond donors (Lipinski definition) is 3. The van der Waals surface area contributed by atoms with Gasteiger partial charge in [-0.05, 0) is 23.8 Å². The summed E-state index contributed by atoms with van der Waals surface area (Å²) >= 11 is 0. The van der Waals surface area contributed by atoms with E-state index in [0.29, 0.717) is 5.56 Å². The fourth-order valence-corrected chi connectivity index (χ4v) is 4.16. The van der Waals surface area contributed by atoms with Gasteiger partial charge in [-0.3, -0.25) is 4.90 Å². The Morgan fingerprint density at radius 3 is 2.24 bits per heavy atom. The molecule has 176 valence electrons. The second kappa shape index (κ2) is 9.26. The van der Waals surface area contributed by atoms with Crippen LogP contribution >= 0.6 is 0 Å². The van der Waals surface area contributed by atoms with Crippen molar-refractivity contribution in [1.29, 1.82) is 5.26 Å². The third-order valence-electron chi connectivity index (χ3n) is 5.13. The van der Waals surface area contributed by atoms with Crippen LogP contribution in [-0.2, 0) is 29.1 Å². The molecule has 1 aliphatic heterocycles. The van der Waals surface area contributed by atoms with Gasteiger partial charge in [-0.25, -0.2) is 23.1 Å². The van der Waals surface area contributed by atoms with Crippen LogP contribution in [0.15, 0.2) is 76.1 Å². The number of esters is 2. The third-order valence-corrected chi connectivity index (χ3v) is 6.04. The molecular weight excluding hydrogens is 464 g/mol. The Hall–Kier alpha value is -4.34. The van der Waals surface area contributed by atoms with Gasteiger partial charge in [0, 0.05) is 0 Å². The molecule has 2 aromatic rings. The molecule has 1 aliphatic rings. The highest BCUT2D eigenvalue weighted by Gasteiger charge is 2.43. The number of anilines is 1. The largest absolute Gasteiger partial charge is 0.506 e. The fraction of sp³-hybridized carbons (Fsp3) is 0.136. The van der Waals surface area contributed by atoms with Crippen LogP contribution in [0, 0.1) is 11.3 Å². The predicted octanol–water partition coefficient (Wildman–Crippen LogP) is 0.937. The van der Waals surface area contributed by atoms with Crippen molar-refractivity contribution in [2.75, 3.05) is 19.1 Å². The average molecular weight is 484 g/mol. The highest BCUT2D eigenvalue weighted by molar-refractivity contribution is 7.89. The number of hydrogen-bond acceptors (Lipinski definition) is 10. The van der Waals surface area contributed by atoms with Crippen molar-refractivity contribution in [2.24, 2.45) is 10.9 Å². The number of rotatable bonds is 5. The molecule has 34 heavy (non-hydrogen) atoms.